The Labute approximate surface area is 107 Å². The average molecular weight is 270 g/mol. The van der Waals surface area contributed by atoms with Gasteiger partial charge in [-0.15, -0.1) is 4.73 Å². The summed E-state index contributed by atoms with van der Waals surface area (Å²) in [7, 11) is 1.46. The van der Waals surface area contributed by atoms with E-state index in [2.05, 4.69) is 4.98 Å². The van der Waals surface area contributed by atoms with Crippen molar-refractivity contribution >= 4 is 23.4 Å². The maximum Gasteiger partial charge on any atom is 0.438 e. The Morgan fingerprint density at radius 2 is 2.33 bits per heavy atom. The Morgan fingerprint density at radius 1 is 1.56 bits per heavy atom. The molecule has 1 aromatic carbocycles. The predicted octanol–water partition coefficient (Wildman–Crippen LogP) is 2.36. The van der Waals surface area contributed by atoms with E-state index in [4.69, 9.17) is 16.4 Å². The van der Waals surface area contributed by atoms with Crippen molar-refractivity contribution in [3.8, 4) is 0 Å². The molecular formula is C11H9ClFN3O2. The first kappa shape index (κ1) is 12.4. The first-order valence-corrected chi connectivity index (χ1v) is 5.36. The summed E-state index contributed by atoms with van der Waals surface area (Å²) in [5.74, 6) is -0.437. The summed E-state index contributed by atoms with van der Waals surface area (Å²) in [5, 5.41) is 0.0241. The Kier molecular flexibility index (Phi) is 3.47. The molecule has 0 aliphatic heterocycles. The van der Waals surface area contributed by atoms with Gasteiger partial charge in [-0.2, -0.15) is 0 Å². The van der Waals surface area contributed by atoms with Crippen LogP contribution >= 0.6 is 11.6 Å². The van der Waals surface area contributed by atoms with Crippen LogP contribution in [0.2, 0.25) is 5.28 Å². The highest BCUT2D eigenvalue weighted by molar-refractivity contribution is 6.28. The molecule has 2 rings (SSSR count). The van der Waals surface area contributed by atoms with E-state index in [1.807, 2.05) is 0 Å². The molecule has 0 aliphatic carbocycles. The van der Waals surface area contributed by atoms with Gasteiger partial charge in [0.2, 0.25) is 5.28 Å². The van der Waals surface area contributed by atoms with Crippen LogP contribution in [-0.2, 0) is 0 Å². The van der Waals surface area contributed by atoms with Crippen molar-refractivity contribution < 1.29 is 14.0 Å². The van der Waals surface area contributed by atoms with Crippen LogP contribution in [0.25, 0.3) is 0 Å². The number of carbonyl (C=O) groups excluding carboxylic acids is 1. The highest BCUT2D eigenvalue weighted by Gasteiger charge is 2.15. The predicted molar refractivity (Wildman–Crippen MR) is 64.0 cm³/mol. The third kappa shape index (κ3) is 2.60. The lowest BCUT2D eigenvalue weighted by Crippen LogP contribution is -2.33. The van der Waals surface area contributed by atoms with Crippen molar-refractivity contribution in [2.24, 2.45) is 0 Å². The van der Waals surface area contributed by atoms with Gasteiger partial charge >= 0.3 is 6.09 Å². The average Bonchev–Trinajstić information content (AvgIpc) is 2.74. The SMILES string of the molecule is CN(C(=O)On1ccnc1Cl)c1cccc(F)c1. The summed E-state index contributed by atoms with van der Waals surface area (Å²) < 4.78 is 14.0. The molecule has 0 aliphatic rings. The van der Waals surface area contributed by atoms with Gasteiger partial charge in [-0.25, -0.2) is 14.2 Å². The number of imidazole rings is 1. The molecule has 1 amide bonds. The first-order valence-electron chi connectivity index (χ1n) is 4.98. The van der Waals surface area contributed by atoms with E-state index < -0.39 is 11.9 Å². The number of aromatic nitrogens is 2. The van der Waals surface area contributed by atoms with Crippen LogP contribution in [-0.4, -0.2) is 22.9 Å². The number of hydrogen-bond donors (Lipinski definition) is 0. The molecule has 1 aromatic heterocycles. The zero-order valence-corrected chi connectivity index (χ0v) is 10.1. The number of nitrogens with zero attached hydrogens (tertiary/aromatic N) is 3. The fourth-order valence-corrected chi connectivity index (χ4v) is 1.42. The van der Waals surface area contributed by atoms with Crippen molar-refractivity contribution in [2.75, 3.05) is 11.9 Å². The van der Waals surface area contributed by atoms with E-state index in [9.17, 15) is 9.18 Å². The van der Waals surface area contributed by atoms with Crippen LogP contribution in [0.4, 0.5) is 14.9 Å². The van der Waals surface area contributed by atoms with Crippen molar-refractivity contribution in [3.05, 3.63) is 47.8 Å². The fourth-order valence-electron chi connectivity index (χ4n) is 1.28. The summed E-state index contributed by atoms with van der Waals surface area (Å²) in [5.41, 5.74) is 0.372. The smallest absolute Gasteiger partial charge is 0.314 e. The largest absolute Gasteiger partial charge is 0.438 e. The maximum atomic E-state index is 13.0. The molecule has 94 valence electrons. The van der Waals surface area contributed by atoms with Crippen LogP contribution in [0.5, 0.6) is 0 Å². The van der Waals surface area contributed by atoms with Crippen molar-refractivity contribution in [1.29, 1.82) is 0 Å². The second-order valence-corrected chi connectivity index (χ2v) is 3.76. The van der Waals surface area contributed by atoms with Gasteiger partial charge in [-0.3, -0.25) is 4.90 Å². The van der Waals surface area contributed by atoms with E-state index in [0.717, 1.165) is 9.63 Å². The topological polar surface area (TPSA) is 47.4 Å². The Morgan fingerprint density at radius 3 is 2.94 bits per heavy atom. The van der Waals surface area contributed by atoms with Crippen LogP contribution in [0, 0.1) is 5.82 Å². The van der Waals surface area contributed by atoms with Gasteiger partial charge in [-0.1, -0.05) is 6.07 Å². The highest BCUT2D eigenvalue weighted by Crippen LogP contribution is 2.14. The van der Waals surface area contributed by atoms with E-state index >= 15 is 0 Å². The number of amides is 1. The molecule has 0 atom stereocenters. The van der Waals surface area contributed by atoms with Crippen LogP contribution < -0.4 is 9.74 Å². The third-order valence-corrected chi connectivity index (χ3v) is 2.47. The van der Waals surface area contributed by atoms with E-state index in [-0.39, 0.29) is 5.28 Å². The summed E-state index contributed by atoms with van der Waals surface area (Å²) in [6.07, 6.45) is 2.07. The van der Waals surface area contributed by atoms with E-state index in [1.165, 1.54) is 37.6 Å². The number of benzene rings is 1. The normalized spacial score (nSPS) is 10.2. The Bertz CT molecular complexity index is 573. The minimum absolute atomic E-state index is 0.0241. The monoisotopic (exact) mass is 269 g/mol. The molecule has 0 bridgehead atoms. The van der Waals surface area contributed by atoms with Gasteiger partial charge in [0.1, 0.15) is 5.82 Å². The molecule has 0 N–H and O–H groups in total. The zero-order valence-electron chi connectivity index (χ0n) is 9.38. The zero-order chi connectivity index (χ0) is 13.1. The minimum atomic E-state index is -0.708. The van der Waals surface area contributed by atoms with Gasteiger partial charge in [-0.05, 0) is 29.8 Å². The lowest BCUT2D eigenvalue weighted by atomic mass is 10.3. The standard InChI is InChI=1S/C11H9ClFN3O2/c1-15(9-4-2-3-8(13)7-9)11(17)18-16-6-5-14-10(16)12/h2-7H,1H3. The third-order valence-electron chi connectivity index (χ3n) is 2.21. The van der Waals surface area contributed by atoms with Crippen LogP contribution in [0.1, 0.15) is 0 Å². The molecule has 0 spiro atoms. The maximum absolute atomic E-state index is 13.0. The Balaban J connectivity index is 2.12. The second kappa shape index (κ2) is 5.05. The van der Waals surface area contributed by atoms with Crippen molar-refractivity contribution in [2.45, 2.75) is 0 Å². The molecule has 0 saturated carbocycles. The number of hydrogen-bond acceptors (Lipinski definition) is 3. The lowest BCUT2D eigenvalue weighted by Gasteiger charge is -2.16. The summed E-state index contributed by atoms with van der Waals surface area (Å²) in [6, 6.07) is 5.59. The van der Waals surface area contributed by atoms with Gasteiger partial charge < -0.3 is 4.84 Å². The van der Waals surface area contributed by atoms with Crippen molar-refractivity contribution in [1.82, 2.24) is 9.71 Å². The molecular weight excluding hydrogens is 261 g/mol. The van der Waals surface area contributed by atoms with Gasteiger partial charge in [0.25, 0.3) is 0 Å². The molecule has 0 unspecified atom stereocenters. The minimum Gasteiger partial charge on any atom is -0.314 e. The van der Waals surface area contributed by atoms with E-state index in [0.29, 0.717) is 5.69 Å². The lowest BCUT2D eigenvalue weighted by molar-refractivity contribution is 0.141. The molecule has 2 aromatic rings. The molecule has 18 heavy (non-hydrogen) atoms. The molecule has 7 heteroatoms. The second-order valence-electron chi connectivity index (χ2n) is 3.42. The van der Waals surface area contributed by atoms with Gasteiger partial charge in [0.15, 0.2) is 0 Å². The number of carbonyl (C=O) groups is 1. The number of rotatable bonds is 2. The van der Waals surface area contributed by atoms with Crippen LogP contribution in [0.3, 0.4) is 0 Å². The summed E-state index contributed by atoms with van der Waals surface area (Å²) in [6.45, 7) is 0. The first-order chi connectivity index (χ1) is 8.58. The summed E-state index contributed by atoms with van der Waals surface area (Å²) in [4.78, 5) is 21.5. The molecule has 1 heterocycles. The molecule has 0 radical (unpaired) electrons. The van der Waals surface area contributed by atoms with Gasteiger partial charge in [0, 0.05) is 12.7 Å². The molecule has 5 nitrogen and oxygen atoms in total. The quantitative estimate of drug-likeness (QED) is 0.841. The molecule has 0 fully saturated rings. The van der Waals surface area contributed by atoms with E-state index in [1.54, 1.807) is 6.07 Å². The van der Waals surface area contributed by atoms with Gasteiger partial charge in [0.05, 0.1) is 12.4 Å². The number of halogens is 2. The highest BCUT2D eigenvalue weighted by atomic mass is 35.5. The molecule has 0 saturated heterocycles. The summed E-state index contributed by atoms with van der Waals surface area (Å²) >= 11 is 5.66. The Hall–Kier alpha value is -2.08. The number of anilines is 1. The fraction of sp³-hybridized carbons (Fsp3) is 0.0909. The van der Waals surface area contributed by atoms with Crippen molar-refractivity contribution in [3.63, 3.8) is 0 Å². The van der Waals surface area contributed by atoms with Crippen LogP contribution in [0.15, 0.2) is 36.7 Å².